The highest BCUT2D eigenvalue weighted by Gasteiger charge is 2.31. The second-order valence-corrected chi connectivity index (χ2v) is 8.00. The van der Waals surface area contributed by atoms with Crippen molar-refractivity contribution in [1.29, 1.82) is 0 Å². The topological polar surface area (TPSA) is 63.6 Å². The molecule has 152 valence electrons. The van der Waals surface area contributed by atoms with Gasteiger partial charge >= 0.3 is 11.9 Å². The number of hydrogen-bond acceptors (Lipinski definition) is 3. The van der Waals surface area contributed by atoms with Gasteiger partial charge in [-0.25, -0.2) is 0 Å². The van der Waals surface area contributed by atoms with Crippen molar-refractivity contribution in [3.63, 3.8) is 0 Å². The zero-order chi connectivity index (χ0) is 19.2. The van der Waals surface area contributed by atoms with E-state index in [0.717, 1.165) is 25.7 Å². The first-order valence-corrected chi connectivity index (χ1v) is 11.0. The highest BCUT2D eigenvalue weighted by Crippen LogP contribution is 2.30. The first-order valence-electron chi connectivity index (χ1n) is 11.0. The molecule has 0 aromatic carbocycles. The van der Waals surface area contributed by atoms with Crippen molar-refractivity contribution in [2.45, 2.75) is 116 Å². The summed E-state index contributed by atoms with van der Waals surface area (Å²) in [6.45, 7) is 4.42. The quantitative estimate of drug-likeness (QED) is 0.296. The summed E-state index contributed by atoms with van der Waals surface area (Å²) in [4.78, 5) is 23.6. The lowest BCUT2D eigenvalue weighted by molar-refractivity contribution is -0.158. The van der Waals surface area contributed by atoms with E-state index in [2.05, 4.69) is 13.8 Å². The zero-order valence-electron chi connectivity index (χ0n) is 17.0. The number of esters is 1. The Morgan fingerprint density at radius 3 is 1.85 bits per heavy atom. The molecule has 1 aliphatic rings. The number of hydrogen-bond donors (Lipinski definition) is 1. The van der Waals surface area contributed by atoms with Crippen LogP contribution in [0, 0.1) is 11.8 Å². The Morgan fingerprint density at radius 2 is 1.27 bits per heavy atom. The van der Waals surface area contributed by atoms with E-state index in [1.165, 1.54) is 44.9 Å². The molecule has 26 heavy (non-hydrogen) atoms. The molecule has 0 bridgehead atoms. The maximum atomic E-state index is 12.5. The molecule has 0 aliphatic heterocycles. The third-order valence-corrected chi connectivity index (χ3v) is 5.70. The van der Waals surface area contributed by atoms with Gasteiger partial charge in [0.2, 0.25) is 0 Å². The summed E-state index contributed by atoms with van der Waals surface area (Å²) in [6, 6.07) is 0. The Bertz CT molecular complexity index is 386. The number of carbonyl (C=O) groups excluding carboxylic acids is 1. The van der Waals surface area contributed by atoms with Crippen molar-refractivity contribution < 1.29 is 19.4 Å². The van der Waals surface area contributed by atoms with Crippen LogP contribution >= 0.6 is 0 Å². The van der Waals surface area contributed by atoms with E-state index in [4.69, 9.17) is 9.84 Å². The van der Waals surface area contributed by atoms with Crippen molar-refractivity contribution in [3.8, 4) is 0 Å². The highest BCUT2D eigenvalue weighted by molar-refractivity contribution is 5.74. The minimum Gasteiger partial charge on any atom is -0.481 e. The van der Waals surface area contributed by atoms with Gasteiger partial charge in [-0.05, 0) is 51.4 Å². The van der Waals surface area contributed by atoms with E-state index >= 15 is 0 Å². The molecule has 4 heteroatoms. The summed E-state index contributed by atoms with van der Waals surface area (Å²) in [5, 5.41) is 9.09. The monoisotopic (exact) mass is 368 g/mol. The SMILES string of the molecule is CCCCCCCCC(CCCCC)OC(=O)C1CCC(C(=O)O)CC1. The van der Waals surface area contributed by atoms with Crippen LogP contribution < -0.4 is 0 Å². The van der Waals surface area contributed by atoms with Crippen LogP contribution in [0.3, 0.4) is 0 Å². The van der Waals surface area contributed by atoms with E-state index in [1.54, 1.807) is 0 Å². The van der Waals surface area contributed by atoms with Gasteiger partial charge in [0.15, 0.2) is 0 Å². The Hall–Kier alpha value is -1.06. The number of carboxylic acids is 1. The molecule has 0 radical (unpaired) electrons. The van der Waals surface area contributed by atoms with Crippen molar-refractivity contribution in [1.82, 2.24) is 0 Å². The van der Waals surface area contributed by atoms with E-state index in [1.807, 2.05) is 0 Å². The lowest BCUT2D eigenvalue weighted by Crippen LogP contribution is -2.29. The number of carbonyl (C=O) groups is 2. The van der Waals surface area contributed by atoms with E-state index in [-0.39, 0.29) is 23.9 Å². The maximum absolute atomic E-state index is 12.5. The summed E-state index contributed by atoms with van der Waals surface area (Å²) in [5.41, 5.74) is 0. The molecule has 1 unspecified atom stereocenters. The largest absolute Gasteiger partial charge is 0.481 e. The average molecular weight is 369 g/mol. The van der Waals surface area contributed by atoms with E-state index < -0.39 is 5.97 Å². The molecule has 0 saturated heterocycles. The molecule has 1 fully saturated rings. The first kappa shape index (κ1) is 23.0. The van der Waals surface area contributed by atoms with Crippen molar-refractivity contribution >= 4 is 11.9 Å². The average Bonchev–Trinajstić information content (AvgIpc) is 2.64. The molecule has 4 nitrogen and oxygen atoms in total. The number of ether oxygens (including phenoxy) is 1. The van der Waals surface area contributed by atoms with Crippen LogP contribution in [0.1, 0.15) is 110 Å². The lowest BCUT2D eigenvalue weighted by atomic mass is 9.82. The van der Waals surface area contributed by atoms with Crippen molar-refractivity contribution in [2.24, 2.45) is 11.8 Å². The first-order chi connectivity index (χ1) is 12.6. The molecule has 1 rings (SSSR count). The minimum absolute atomic E-state index is 0.0532. The number of rotatable bonds is 14. The second kappa shape index (κ2) is 14.1. The van der Waals surface area contributed by atoms with Crippen LogP contribution in [0.2, 0.25) is 0 Å². The van der Waals surface area contributed by atoms with Gasteiger partial charge in [-0.15, -0.1) is 0 Å². The van der Waals surface area contributed by atoms with Gasteiger partial charge < -0.3 is 9.84 Å². The van der Waals surface area contributed by atoms with Crippen LogP contribution in [0.5, 0.6) is 0 Å². The van der Waals surface area contributed by atoms with Gasteiger partial charge in [0, 0.05) is 0 Å². The van der Waals surface area contributed by atoms with Gasteiger partial charge in [-0.3, -0.25) is 9.59 Å². The predicted molar refractivity (Wildman–Crippen MR) is 105 cm³/mol. The lowest BCUT2D eigenvalue weighted by Gasteiger charge is -2.27. The molecule has 0 amide bonds. The van der Waals surface area contributed by atoms with Gasteiger partial charge in [0.1, 0.15) is 6.10 Å². The van der Waals surface area contributed by atoms with E-state index in [9.17, 15) is 9.59 Å². The number of unbranched alkanes of at least 4 members (excludes halogenated alkanes) is 7. The fraction of sp³-hybridized carbons (Fsp3) is 0.909. The summed E-state index contributed by atoms with van der Waals surface area (Å²) >= 11 is 0. The summed E-state index contributed by atoms with van der Waals surface area (Å²) < 4.78 is 5.87. The van der Waals surface area contributed by atoms with Crippen LogP contribution in [0.15, 0.2) is 0 Å². The zero-order valence-corrected chi connectivity index (χ0v) is 17.0. The van der Waals surface area contributed by atoms with Crippen LogP contribution in [-0.2, 0) is 14.3 Å². The van der Waals surface area contributed by atoms with Crippen LogP contribution in [0.25, 0.3) is 0 Å². The Balaban J connectivity index is 2.35. The highest BCUT2D eigenvalue weighted by atomic mass is 16.5. The molecular formula is C22H40O4. The molecule has 1 N–H and O–H groups in total. The summed E-state index contributed by atoms with van der Waals surface area (Å²) in [5.74, 6) is -1.18. The van der Waals surface area contributed by atoms with Gasteiger partial charge in [-0.1, -0.05) is 58.8 Å². The van der Waals surface area contributed by atoms with Gasteiger partial charge in [0.25, 0.3) is 0 Å². The van der Waals surface area contributed by atoms with Crippen molar-refractivity contribution in [3.05, 3.63) is 0 Å². The fourth-order valence-electron chi connectivity index (χ4n) is 3.87. The molecule has 0 heterocycles. The molecule has 1 atom stereocenters. The third kappa shape index (κ3) is 9.59. The molecule has 1 saturated carbocycles. The Labute approximate surface area is 160 Å². The summed E-state index contributed by atoms with van der Waals surface area (Å²) in [7, 11) is 0. The molecule has 0 aromatic rings. The van der Waals surface area contributed by atoms with Crippen LogP contribution in [-0.4, -0.2) is 23.1 Å². The molecule has 0 aromatic heterocycles. The summed E-state index contributed by atoms with van der Waals surface area (Å²) in [6.07, 6.45) is 15.6. The number of carboxylic acid groups (broad SMARTS) is 1. The van der Waals surface area contributed by atoms with E-state index in [0.29, 0.717) is 25.7 Å². The smallest absolute Gasteiger partial charge is 0.309 e. The van der Waals surface area contributed by atoms with Crippen molar-refractivity contribution in [2.75, 3.05) is 0 Å². The predicted octanol–water partition coefficient (Wildman–Crippen LogP) is 6.12. The van der Waals surface area contributed by atoms with Gasteiger partial charge in [-0.2, -0.15) is 0 Å². The standard InChI is InChI=1S/C22H40O4/c1-3-5-7-8-9-11-13-20(12-10-6-4-2)26-22(25)19-16-14-18(15-17-19)21(23)24/h18-20H,3-17H2,1-2H3,(H,23,24). The normalized spacial score (nSPS) is 21.3. The molecular weight excluding hydrogens is 328 g/mol. The minimum atomic E-state index is -0.725. The van der Waals surface area contributed by atoms with Crippen LogP contribution in [0.4, 0.5) is 0 Å². The second-order valence-electron chi connectivity index (χ2n) is 8.00. The molecule has 1 aliphatic carbocycles. The van der Waals surface area contributed by atoms with Gasteiger partial charge in [0.05, 0.1) is 11.8 Å². The third-order valence-electron chi connectivity index (χ3n) is 5.70. The maximum Gasteiger partial charge on any atom is 0.309 e. The molecule has 0 spiro atoms. The Kier molecular flexibility index (Phi) is 12.4. The Morgan fingerprint density at radius 1 is 0.808 bits per heavy atom. The number of aliphatic carboxylic acids is 1. The fourth-order valence-corrected chi connectivity index (χ4v) is 3.87.